The summed E-state index contributed by atoms with van der Waals surface area (Å²) in [6, 6.07) is 8.01. The molecule has 0 saturated carbocycles. The van der Waals surface area contributed by atoms with Crippen LogP contribution in [0.15, 0.2) is 28.7 Å². The molecule has 5 nitrogen and oxygen atoms in total. The fourth-order valence-corrected chi connectivity index (χ4v) is 3.37. The molecule has 132 valence electrons. The standard InChI is InChI=1S/C18H25BrN2O3/c1-3-24-18(23)15-8-6-10-21(12-15)17(22)13-20(2)11-14-7-4-5-9-16(14)19/h4-5,7,9,15H,3,6,8,10-13H2,1-2H3. The Morgan fingerprint density at radius 3 is 2.83 bits per heavy atom. The molecule has 1 aromatic carbocycles. The van der Waals surface area contributed by atoms with Gasteiger partial charge in [0.15, 0.2) is 0 Å². The minimum absolute atomic E-state index is 0.0681. The average Bonchev–Trinajstić information content (AvgIpc) is 2.57. The number of rotatable bonds is 6. The van der Waals surface area contributed by atoms with Crippen molar-refractivity contribution in [2.75, 3.05) is 33.3 Å². The van der Waals surface area contributed by atoms with Gasteiger partial charge in [-0.3, -0.25) is 14.5 Å². The first-order valence-electron chi connectivity index (χ1n) is 8.37. The second-order valence-electron chi connectivity index (χ2n) is 6.19. The van der Waals surface area contributed by atoms with E-state index >= 15 is 0 Å². The van der Waals surface area contributed by atoms with E-state index < -0.39 is 0 Å². The number of hydrogen-bond donors (Lipinski definition) is 0. The van der Waals surface area contributed by atoms with E-state index in [1.807, 2.05) is 36.2 Å². The summed E-state index contributed by atoms with van der Waals surface area (Å²) in [5, 5.41) is 0. The molecule has 1 fully saturated rings. The molecule has 1 heterocycles. The fourth-order valence-electron chi connectivity index (χ4n) is 2.96. The van der Waals surface area contributed by atoms with E-state index in [-0.39, 0.29) is 17.8 Å². The van der Waals surface area contributed by atoms with E-state index in [4.69, 9.17) is 4.74 Å². The maximum atomic E-state index is 12.5. The van der Waals surface area contributed by atoms with Crippen LogP contribution in [0, 0.1) is 5.92 Å². The maximum Gasteiger partial charge on any atom is 0.310 e. The van der Waals surface area contributed by atoms with E-state index in [2.05, 4.69) is 15.9 Å². The highest BCUT2D eigenvalue weighted by Crippen LogP contribution is 2.19. The molecule has 1 aliphatic rings. The van der Waals surface area contributed by atoms with Crippen molar-refractivity contribution in [1.29, 1.82) is 0 Å². The van der Waals surface area contributed by atoms with Gasteiger partial charge in [0.2, 0.25) is 5.91 Å². The molecule has 24 heavy (non-hydrogen) atoms. The minimum Gasteiger partial charge on any atom is -0.466 e. The Balaban J connectivity index is 1.87. The van der Waals surface area contributed by atoms with Gasteiger partial charge < -0.3 is 9.64 Å². The lowest BCUT2D eigenvalue weighted by atomic mass is 9.98. The van der Waals surface area contributed by atoms with Crippen LogP contribution in [0.1, 0.15) is 25.3 Å². The number of piperidine rings is 1. The zero-order valence-electron chi connectivity index (χ0n) is 14.3. The zero-order chi connectivity index (χ0) is 17.5. The Kier molecular flexibility index (Phi) is 7.24. The Morgan fingerprint density at radius 2 is 2.12 bits per heavy atom. The van der Waals surface area contributed by atoms with Crippen LogP contribution < -0.4 is 0 Å². The molecule has 1 unspecified atom stereocenters. The molecule has 0 N–H and O–H groups in total. The van der Waals surface area contributed by atoms with Crippen molar-refractivity contribution < 1.29 is 14.3 Å². The highest BCUT2D eigenvalue weighted by atomic mass is 79.9. The van der Waals surface area contributed by atoms with Gasteiger partial charge in [0.1, 0.15) is 0 Å². The zero-order valence-corrected chi connectivity index (χ0v) is 15.9. The van der Waals surface area contributed by atoms with Crippen LogP contribution in [0.3, 0.4) is 0 Å². The third-order valence-corrected chi connectivity index (χ3v) is 4.97. The van der Waals surface area contributed by atoms with E-state index in [1.54, 1.807) is 11.8 Å². The summed E-state index contributed by atoms with van der Waals surface area (Å²) >= 11 is 3.53. The van der Waals surface area contributed by atoms with Crippen LogP contribution in [0.2, 0.25) is 0 Å². The van der Waals surface area contributed by atoms with Gasteiger partial charge in [-0.1, -0.05) is 34.1 Å². The monoisotopic (exact) mass is 396 g/mol. The fraction of sp³-hybridized carbons (Fsp3) is 0.556. The van der Waals surface area contributed by atoms with E-state index in [0.717, 1.165) is 29.4 Å². The first-order valence-corrected chi connectivity index (χ1v) is 9.17. The van der Waals surface area contributed by atoms with Crippen LogP contribution in [-0.2, 0) is 20.9 Å². The van der Waals surface area contributed by atoms with Crippen LogP contribution in [0.4, 0.5) is 0 Å². The van der Waals surface area contributed by atoms with Crippen LogP contribution in [0.5, 0.6) is 0 Å². The van der Waals surface area contributed by atoms with E-state index in [0.29, 0.717) is 26.2 Å². The average molecular weight is 397 g/mol. The highest BCUT2D eigenvalue weighted by molar-refractivity contribution is 9.10. The number of likely N-dealkylation sites (tertiary alicyclic amines) is 1. The van der Waals surface area contributed by atoms with Gasteiger partial charge in [-0.05, 0) is 38.4 Å². The molecule has 6 heteroatoms. The third-order valence-electron chi connectivity index (χ3n) is 4.20. The normalized spacial score (nSPS) is 17.8. The second-order valence-corrected chi connectivity index (χ2v) is 7.05. The number of likely N-dealkylation sites (N-methyl/N-ethyl adjacent to an activating group) is 1. The van der Waals surface area contributed by atoms with E-state index in [9.17, 15) is 9.59 Å². The predicted octanol–water partition coefficient (Wildman–Crippen LogP) is 2.68. The first-order chi connectivity index (χ1) is 11.5. The predicted molar refractivity (Wildman–Crippen MR) is 96.4 cm³/mol. The summed E-state index contributed by atoms with van der Waals surface area (Å²) in [7, 11) is 1.93. The number of ether oxygens (including phenoxy) is 1. The summed E-state index contributed by atoms with van der Waals surface area (Å²) in [5.74, 6) is -0.300. The molecular weight excluding hydrogens is 372 g/mol. The molecule has 1 atom stereocenters. The van der Waals surface area contributed by atoms with Crippen molar-refractivity contribution >= 4 is 27.8 Å². The number of amides is 1. The lowest BCUT2D eigenvalue weighted by Gasteiger charge is -2.32. The number of nitrogens with zero attached hydrogens (tertiary/aromatic N) is 2. The van der Waals surface area contributed by atoms with Gasteiger partial charge >= 0.3 is 5.97 Å². The molecule has 0 bridgehead atoms. The molecule has 0 radical (unpaired) electrons. The van der Waals surface area contributed by atoms with Crippen molar-refractivity contribution in [1.82, 2.24) is 9.80 Å². The maximum absolute atomic E-state index is 12.5. The SMILES string of the molecule is CCOC(=O)C1CCCN(C(=O)CN(C)Cc2ccccc2Br)C1. The number of benzene rings is 1. The van der Waals surface area contributed by atoms with Crippen molar-refractivity contribution in [2.24, 2.45) is 5.92 Å². The van der Waals surface area contributed by atoms with Crippen molar-refractivity contribution in [2.45, 2.75) is 26.3 Å². The lowest BCUT2D eigenvalue weighted by molar-refractivity contribution is -0.151. The van der Waals surface area contributed by atoms with Gasteiger partial charge in [-0.2, -0.15) is 0 Å². The Morgan fingerprint density at radius 1 is 1.38 bits per heavy atom. The van der Waals surface area contributed by atoms with Crippen LogP contribution >= 0.6 is 15.9 Å². The van der Waals surface area contributed by atoms with Crippen molar-refractivity contribution in [3.05, 3.63) is 34.3 Å². The second kappa shape index (κ2) is 9.18. The Bertz CT molecular complexity index is 579. The summed E-state index contributed by atoms with van der Waals surface area (Å²) in [5.41, 5.74) is 1.15. The molecule has 0 spiro atoms. The van der Waals surface area contributed by atoms with Gasteiger partial charge in [-0.15, -0.1) is 0 Å². The van der Waals surface area contributed by atoms with Crippen LogP contribution in [0.25, 0.3) is 0 Å². The molecule has 1 amide bonds. The van der Waals surface area contributed by atoms with Crippen molar-refractivity contribution in [3.63, 3.8) is 0 Å². The van der Waals surface area contributed by atoms with Gasteiger partial charge in [0, 0.05) is 24.1 Å². The number of esters is 1. The number of carbonyl (C=O) groups is 2. The Labute approximate surface area is 152 Å². The largest absolute Gasteiger partial charge is 0.466 e. The molecule has 0 aliphatic carbocycles. The van der Waals surface area contributed by atoms with Gasteiger partial charge in [-0.25, -0.2) is 0 Å². The molecular formula is C18H25BrN2O3. The third kappa shape index (κ3) is 5.31. The molecule has 0 aromatic heterocycles. The number of halogens is 1. The lowest BCUT2D eigenvalue weighted by Crippen LogP contribution is -2.46. The van der Waals surface area contributed by atoms with E-state index in [1.165, 1.54) is 0 Å². The van der Waals surface area contributed by atoms with Crippen molar-refractivity contribution in [3.8, 4) is 0 Å². The quantitative estimate of drug-likeness (QED) is 0.693. The summed E-state index contributed by atoms with van der Waals surface area (Å²) < 4.78 is 6.14. The smallest absolute Gasteiger partial charge is 0.310 e. The van der Waals surface area contributed by atoms with Crippen LogP contribution in [-0.4, -0.2) is 55.0 Å². The van der Waals surface area contributed by atoms with Gasteiger partial charge in [0.25, 0.3) is 0 Å². The molecule has 1 aliphatic heterocycles. The molecule has 2 rings (SSSR count). The Hall–Kier alpha value is -1.40. The minimum atomic E-state index is -0.184. The molecule has 1 aromatic rings. The number of carbonyl (C=O) groups excluding carboxylic acids is 2. The highest BCUT2D eigenvalue weighted by Gasteiger charge is 2.29. The number of hydrogen-bond acceptors (Lipinski definition) is 4. The summed E-state index contributed by atoms with van der Waals surface area (Å²) in [4.78, 5) is 28.2. The van der Waals surface area contributed by atoms with Gasteiger partial charge in [0.05, 0.1) is 19.1 Å². The molecule has 1 saturated heterocycles. The summed E-state index contributed by atoms with van der Waals surface area (Å²) in [6.45, 7) is 4.43. The first kappa shape index (κ1) is 18.9. The summed E-state index contributed by atoms with van der Waals surface area (Å²) in [6.07, 6.45) is 1.65. The topological polar surface area (TPSA) is 49.9 Å².